The number of carbonyl (C=O) groups is 1. The van der Waals surface area contributed by atoms with Crippen LogP contribution in [0.25, 0.3) is 11.5 Å². The molecular formula is C18H17N3O5S. The molecular weight excluding hydrogens is 370 g/mol. The van der Waals surface area contributed by atoms with Gasteiger partial charge in [-0.2, -0.15) is 0 Å². The van der Waals surface area contributed by atoms with Crippen LogP contribution in [0.1, 0.15) is 29.3 Å². The maximum Gasteiger partial charge on any atom is 0.338 e. The smallest absolute Gasteiger partial charge is 0.338 e. The van der Waals surface area contributed by atoms with Gasteiger partial charge in [0.05, 0.1) is 10.5 Å². The Labute approximate surface area is 156 Å². The highest BCUT2D eigenvalue weighted by Crippen LogP contribution is 2.23. The lowest BCUT2D eigenvalue weighted by Gasteiger charge is -2.10. The molecule has 27 heavy (non-hydrogen) atoms. The number of hydrogen-bond donors (Lipinski definition) is 1. The van der Waals surface area contributed by atoms with Gasteiger partial charge >= 0.3 is 5.97 Å². The first-order valence-electron chi connectivity index (χ1n) is 8.04. The van der Waals surface area contributed by atoms with E-state index in [2.05, 4.69) is 14.9 Å². The van der Waals surface area contributed by atoms with E-state index in [0.717, 1.165) is 5.56 Å². The molecule has 0 saturated heterocycles. The molecule has 0 amide bonds. The Bertz CT molecular complexity index is 1050. The summed E-state index contributed by atoms with van der Waals surface area (Å²) in [7, 11) is -2.37. The number of carbonyl (C=O) groups excluding carboxylic acids is 1. The molecule has 0 spiro atoms. The second kappa shape index (κ2) is 7.68. The van der Waals surface area contributed by atoms with Crippen molar-refractivity contribution in [2.45, 2.75) is 17.9 Å². The Balaban J connectivity index is 1.75. The third kappa shape index (κ3) is 4.21. The second-order valence-corrected chi connectivity index (χ2v) is 7.48. The summed E-state index contributed by atoms with van der Waals surface area (Å²) in [4.78, 5) is 12.3. The largest absolute Gasteiger partial charge is 0.449 e. The fourth-order valence-electron chi connectivity index (χ4n) is 2.28. The summed E-state index contributed by atoms with van der Waals surface area (Å²) in [5, 5.41) is 7.86. The van der Waals surface area contributed by atoms with Gasteiger partial charge in [-0.3, -0.25) is 0 Å². The highest BCUT2D eigenvalue weighted by Gasteiger charge is 2.21. The molecule has 0 aliphatic carbocycles. The topological polar surface area (TPSA) is 111 Å². The fraction of sp³-hybridized carbons (Fsp3) is 0.167. The molecule has 0 unspecified atom stereocenters. The van der Waals surface area contributed by atoms with Crippen molar-refractivity contribution >= 4 is 16.0 Å². The molecule has 0 fully saturated rings. The molecule has 0 aliphatic heterocycles. The number of benzene rings is 2. The number of aromatic nitrogens is 2. The van der Waals surface area contributed by atoms with E-state index in [1.54, 1.807) is 6.92 Å². The van der Waals surface area contributed by atoms with Gasteiger partial charge in [-0.25, -0.2) is 17.9 Å². The van der Waals surface area contributed by atoms with Crippen molar-refractivity contribution in [2.75, 3.05) is 7.05 Å². The highest BCUT2D eigenvalue weighted by atomic mass is 32.2. The van der Waals surface area contributed by atoms with Crippen LogP contribution in [-0.2, 0) is 14.8 Å². The molecule has 0 aliphatic rings. The Kier molecular flexibility index (Phi) is 5.33. The molecule has 3 aromatic rings. The average Bonchev–Trinajstić information content (AvgIpc) is 3.19. The molecule has 0 bridgehead atoms. The Morgan fingerprint density at radius 1 is 1.11 bits per heavy atom. The number of ether oxygens (including phenoxy) is 1. The van der Waals surface area contributed by atoms with Crippen molar-refractivity contribution in [3.63, 3.8) is 0 Å². The first-order chi connectivity index (χ1) is 12.9. The molecule has 0 saturated carbocycles. The summed E-state index contributed by atoms with van der Waals surface area (Å²) in [6, 6.07) is 14.7. The monoisotopic (exact) mass is 387 g/mol. The van der Waals surface area contributed by atoms with Gasteiger partial charge in [0.25, 0.3) is 5.89 Å². The normalized spacial score (nSPS) is 12.5. The van der Waals surface area contributed by atoms with Gasteiger partial charge < -0.3 is 9.15 Å². The van der Waals surface area contributed by atoms with Gasteiger partial charge in [0.1, 0.15) is 0 Å². The van der Waals surface area contributed by atoms with Crippen molar-refractivity contribution in [1.82, 2.24) is 14.9 Å². The lowest BCUT2D eigenvalue weighted by molar-refractivity contribution is 0.0279. The molecule has 1 N–H and O–H groups in total. The molecule has 9 heteroatoms. The maximum atomic E-state index is 12.3. The molecule has 3 rings (SSSR count). The van der Waals surface area contributed by atoms with Crippen molar-refractivity contribution in [3.8, 4) is 11.5 Å². The molecule has 1 heterocycles. The summed E-state index contributed by atoms with van der Waals surface area (Å²) in [5.41, 5.74) is 0.848. The van der Waals surface area contributed by atoms with Crippen LogP contribution in [0.15, 0.2) is 63.9 Å². The average molecular weight is 387 g/mol. The lowest BCUT2D eigenvalue weighted by atomic mass is 10.2. The van der Waals surface area contributed by atoms with E-state index in [1.165, 1.54) is 31.3 Å². The predicted molar refractivity (Wildman–Crippen MR) is 96.3 cm³/mol. The molecule has 0 radical (unpaired) electrons. The molecule has 2 aromatic carbocycles. The zero-order chi connectivity index (χ0) is 19.4. The van der Waals surface area contributed by atoms with Crippen molar-refractivity contribution in [3.05, 3.63) is 66.1 Å². The minimum Gasteiger partial charge on any atom is -0.449 e. The van der Waals surface area contributed by atoms with Crippen LogP contribution in [0, 0.1) is 0 Å². The van der Waals surface area contributed by atoms with Crippen molar-refractivity contribution in [2.24, 2.45) is 0 Å². The lowest BCUT2D eigenvalue weighted by Crippen LogP contribution is -2.19. The van der Waals surface area contributed by atoms with Gasteiger partial charge in [-0.15, -0.1) is 10.2 Å². The zero-order valence-corrected chi connectivity index (χ0v) is 15.4. The SMILES string of the molecule is CNS(=O)(=O)c1cccc(C(=O)O[C@@H](C)c2nnc(-c3ccccc3)o2)c1. The summed E-state index contributed by atoms with van der Waals surface area (Å²) < 4.78 is 36.8. The second-order valence-electron chi connectivity index (χ2n) is 5.59. The fourth-order valence-corrected chi connectivity index (χ4v) is 3.06. The summed E-state index contributed by atoms with van der Waals surface area (Å²) >= 11 is 0. The maximum absolute atomic E-state index is 12.3. The van der Waals surface area contributed by atoms with E-state index in [-0.39, 0.29) is 16.3 Å². The van der Waals surface area contributed by atoms with E-state index in [0.29, 0.717) is 5.89 Å². The number of hydrogen-bond acceptors (Lipinski definition) is 7. The Morgan fingerprint density at radius 3 is 2.56 bits per heavy atom. The third-order valence-electron chi connectivity index (χ3n) is 3.74. The molecule has 1 atom stereocenters. The van der Waals surface area contributed by atoms with Gasteiger partial charge in [0.15, 0.2) is 6.10 Å². The van der Waals surface area contributed by atoms with Gasteiger partial charge in [0.2, 0.25) is 15.9 Å². The van der Waals surface area contributed by atoms with Gasteiger partial charge in [0, 0.05) is 5.56 Å². The Morgan fingerprint density at radius 2 is 1.85 bits per heavy atom. The van der Waals surface area contributed by atoms with Crippen LogP contribution in [0.4, 0.5) is 0 Å². The standard InChI is InChI=1S/C18H17N3O5S/c1-12(16-20-21-17(26-16)13-7-4-3-5-8-13)25-18(22)14-9-6-10-15(11-14)27(23,24)19-2/h3-12,19H,1-2H3/t12-/m0/s1. The molecule has 140 valence electrons. The van der Waals surface area contributed by atoms with Crippen molar-refractivity contribution < 1.29 is 22.4 Å². The number of sulfonamides is 1. The predicted octanol–water partition coefficient (Wildman–Crippen LogP) is 2.56. The minimum absolute atomic E-state index is 0.0312. The van der Waals surface area contributed by atoms with E-state index in [1.807, 2.05) is 30.3 Å². The third-order valence-corrected chi connectivity index (χ3v) is 5.15. The van der Waals surface area contributed by atoms with Crippen LogP contribution in [0.3, 0.4) is 0 Å². The van der Waals surface area contributed by atoms with Crippen molar-refractivity contribution in [1.29, 1.82) is 0 Å². The van der Waals surface area contributed by atoms with Crippen LogP contribution in [-0.4, -0.2) is 31.6 Å². The summed E-state index contributed by atoms with van der Waals surface area (Å²) in [6.45, 7) is 1.59. The van der Waals surface area contributed by atoms with Gasteiger partial charge in [-0.1, -0.05) is 24.3 Å². The number of nitrogens with one attached hydrogen (secondary N) is 1. The van der Waals surface area contributed by atoms with Crippen LogP contribution in [0.5, 0.6) is 0 Å². The first-order valence-corrected chi connectivity index (χ1v) is 9.52. The van der Waals surface area contributed by atoms with Crippen LogP contribution < -0.4 is 4.72 Å². The quantitative estimate of drug-likeness (QED) is 0.647. The number of rotatable bonds is 6. The summed E-state index contributed by atoms with van der Waals surface area (Å²) in [5.74, 6) is -0.244. The first kappa shape index (κ1) is 18.7. The highest BCUT2D eigenvalue weighted by molar-refractivity contribution is 7.89. The summed E-state index contributed by atoms with van der Waals surface area (Å²) in [6.07, 6.45) is -0.799. The molecule has 8 nitrogen and oxygen atoms in total. The number of nitrogens with zero attached hydrogens (tertiary/aromatic N) is 2. The van der Waals surface area contributed by atoms with E-state index in [4.69, 9.17) is 9.15 Å². The number of esters is 1. The zero-order valence-electron chi connectivity index (χ0n) is 14.6. The Hall–Kier alpha value is -3.04. The van der Waals surface area contributed by atoms with E-state index >= 15 is 0 Å². The van der Waals surface area contributed by atoms with Crippen LogP contribution in [0.2, 0.25) is 0 Å². The van der Waals surface area contributed by atoms with E-state index < -0.39 is 22.1 Å². The molecule has 1 aromatic heterocycles. The van der Waals surface area contributed by atoms with Crippen LogP contribution >= 0.6 is 0 Å². The van der Waals surface area contributed by atoms with Gasteiger partial charge in [-0.05, 0) is 44.3 Å². The van der Waals surface area contributed by atoms with E-state index in [9.17, 15) is 13.2 Å². The minimum atomic E-state index is -3.66.